The summed E-state index contributed by atoms with van der Waals surface area (Å²) in [5.41, 5.74) is -2.54. The second-order valence-electron chi connectivity index (χ2n) is 4.72. The SMILES string of the molecule is CC(C)(C#N)C(C(=O)O)C(=O)c1cc(F)c(F)cc1F. The largest absolute Gasteiger partial charge is 0.481 e. The van der Waals surface area contributed by atoms with Crippen molar-refractivity contribution in [2.75, 3.05) is 0 Å². The van der Waals surface area contributed by atoms with Crippen LogP contribution in [0.4, 0.5) is 13.2 Å². The molecule has 0 aliphatic heterocycles. The van der Waals surface area contributed by atoms with Gasteiger partial charge in [-0.3, -0.25) is 9.59 Å². The van der Waals surface area contributed by atoms with Crippen LogP contribution in [0.5, 0.6) is 0 Å². The number of benzene rings is 1. The number of aliphatic carboxylic acids is 1. The summed E-state index contributed by atoms with van der Waals surface area (Å²) < 4.78 is 39.3. The summed E-state index contributed by atoms with van der Waals surface area (Å²) in [7, 11) is 0. The number of nitriles is 1. The number of ketones is 1. The first-order valence-electron chi connectivity index (χ1n) is 5.44. The van der Waals surface area contributed by atoms with Crippen LogP contribution in [0.15, 0.2) is 12.1 Å². The molecule has 1 aromatic rings. The normalized spacial score (nSPS) is 12.6. The second kappa shape index (κ2) is 5.33. The molecule has 1 atom stereocenters. The lowest BCUT2D eigenvalue weighted by Crippen LogP contribution is -2.37. The van der Waals surface area contributed by atoms with E-state index in [9.17, 15) is 22.8 Å². The Morgan fingerprint density at radius 2 is 1.70 bits per heavy atom. The predicted molar refractivity (Wildman–Crippen MR) is 61.2 cm³/mol. The zero-order valence-electron chi connectivity index (χ0n) is 10.6. The molecule has 1 unspecified atom stereocenters. The molecule has 0 heterocycles. The first kappa shape index (κ1) is 15.7. The summed E-state index contributed by atoms with van der Waals surface area (Å²) in [6.07, 6.45) is 0. The van der Waals surface area contributed by atoms with Crippen molar-refractivity contribution in [3.05, 3.63) is 35.1 Å². The Bertz CT molecular complexity index is 620. The molecule has 0 saturated carbocycles. The molecule has 1 rings (SSSR count). The summed E-state index contributed by atoms with van der Waals surface area (Å²) in [4.78, 5) is 23.1. The Morgan fingerprint density at radius 1 is 1.20 bits per heavy atom. The maximum absolute atomic E-state index is 13.5. The third-order valence-electron chi connectivity index (χ3n) is 2.79. The van der Waals surface area contributed by atoms with E-state index in [2.05, 4.69) is 0 Å². The third kappa shape index (κ3) is 2.79. The van der Waals surface area contributed by atoms with Gasteiger partial charge in [0.25, 0.3) is 0 Å². The average molecular weight is 285 g/mol. The van der Waals surface area contributed by atoms with Crippen molar-refractivity contribution in [1.29, 1.82) is 5.26 Å². The van der Waals surface area contributed by atoms with Crippen molar-refractivity contribution in [1.82, 2.24) is 0 Å². The van der Waals surface area contributed by atoms with Crippen molar-refractivity contribution in [3.63, 3.8) is 0 Å². The molecule has 0 bridgehead atoms. The van der Waals surface area contributed by atoms with Crippen LogP contribution in [0.3, 0.4) is 0 Å². The molecule has 0 saturated heterocycles. The maximum atomic E-state index is 13.5. The fraction of sp³-hybridized carbons (Fsp3) is 0.308. The van der Waals surface area contributed by atoms with E-state index in [1.165, 1.54) is 13.8 Å². The molecule has 7 heteroatoms. The number of halogens is 3. The second-order valence-corrected chi connectivity index (χ2v) is 4.72. The van der Waals surface area contributed by atoms with Crippen molar-refractivity contribution < 1.29 is 27.9 Å². The van der Waals surface area contributed by atoms with Crippen molar-refractivity contribution >= 4 is 11.8 Å². The summed E-state index contributed by atoms with van der Waals surface area (Å²) in [5.74, 6) is -9.19. The Balaban J connectivity index is 3.39. The van der Waals surface area contributed by atoms with Crippen molar-refractivity contribution in [3.8, 4) is 6.07 Å². The summed E-state index contributed by atoms with van der Waals surface area (Å²) in [6.45, 7) is 2.36. The molecule has 20 heavy (non-hydrogen) atoms. The van der Waals surface area contributed by atoms with E-state index in [4.69, 9.17) is 10.4 Å². The molecule has 1 aromatic carbocycles. The molecule has 0 radical (unpaired) electrons. The summed E-state index contributed by atoms with van der Waals surface area (Å²) in [6, 6.07) is 2.07. The molecule has 0 fully saturated rings. The molecule has 1 N–H and O–H groups in total. The Labute approximate surface area is 112 Å². The molecule has 0 aromatic heterocycles. The van der Waals surface area contributed by atoms with Crippen LogP contribution in [0.25, 0.3) is 0 Å². The van der Waals surface area contributed by atoms with Gasteiger partial charge in [-0.05, 0) is 19.9 Å². The lowest BCUT2D eigenvalue weighted by molar-refractivity contribution is -0.142. The predicted octanol–water partition coefficient (Wildman–Crippen LogP) is 2.54. The van der Waals surface area contributed by atoms with Crippen LogP contribution in [0.1, 0.15) is 24.2 Å². The first-order valence-corrected chi connectivity index (χ1v) is 5.44. The monoisotopic (exact) mass is 285 g/mol. The number of carboxylic acids is 1. The molecule has 0 spiro atoms. The Kier molecular flexibility index (Phi) is 4.18. The minimum atomic E-state index is -1.90. The van der Waals surface area contributed by atoms with E-state index in [1.807, 2.05) is 0 Å². The average Bonchev–Trinajstić information content (AvgIpc) is 2.32. The third-order valence-corrected chi connectivity index (χ3v) is 2.79. The van der Waals surface area contributed by atoms with Crippen LogP contribution in [-0.4, -0.2) is 16.9 Å². The van der Waals surface area contributed by atoms with Gasteiger partial charge in [0.15, 0.2) is 17.4 Å². The Hall–Kier alpha value is -2.36. The highest BCUT2D eigenvalue weighted by Crippen LogP contribution is 2.30. The number of carbonyl (C=O) groups is 2. The van der Waals surface area contributed by atoms with Gasteiger partial charge in [0, 0.05) is 6.07 Å². The van der Waals surface area contributed by atoms with Crippen molar-refractivity contribution in [2.24, 2.45) is 11.3 Å². The number of carbonyl (C=O) groups excluding carboxylic acids is 1. The minimum absolute atomic E-state index is 0.154. The quantitative estimate of drug-likeness (QED) is 0.524. The van der Waals surface area contributed by atoms with Gasteiger partial charge in [0.05, 0.1) is 17.0 Å². The molecule has 0 aliphatic carbocycles. The number of hydrogen-bond donors (Lipinski definition) is 1. The van der Waals surface area contributed by atoms with Crippen LogP contribution >= 0.6 is 0 Å². The fourth-order valence-corrected chi connectivity index (χ4v) is 1.68. The fourth-order valence-electron chi connectivity index (χ4n) is 1.68. The first-order chi connectivity index (χ1) is 9.11. The van der Waals surface area contributed by atoms with Crippen LogP contribution in [-0.2, 0) is 4.79 Å². The number of carboxylic acid groups (broad SMARTS) is 1. The molecule has 0 amide bonds. The van der Waals surface area contributed by atoms with Gasteiger partial charge in [0.2, 0.25) is 0 Å². The van der Waals surface area contributed by atoms with Crippen LogP contribution < -0.4 is 0 Å². The molecular weight excluding hydrogens is 275 g/mol. The number of hydrogen-bond acceptors (Lipinski definition) is 3. The smallest absolute Gasteiger partial charge is 0.316 e. The highest BCUT2D eigenvalue weighted by Gasteiger charge is 2.42. The molecule has 0 aliphatic rings. The van der Waals surface area contributed by atoms with Gasteiger partial charge in [-0.25, -0.2) is 13.2 Å². The molecule has 106 valence electrons. The highest BCUT2D eigenvalue weighted by molar-refractivity contribution is 6.09. The van der Waals surface area contributed by atoms with Gasteiger partial charge in [0.1, 0.15) is 11.7 Å². The number of Topliss-reactive ketones (excluding diaryl/α,β-unsaturated/α-hetero) is 1. The maximum Gasteiger partial charge on any atom is 0.316 e. The van der Waals surface area contributed by atoms with E-state index in [-0.39, 0.29) is 12.1 Å². The summed E-state index contributed by atoms with van der Waals surface area (Å²) >= 11 is 0. The molecule has 4 nitrogen and oxygen atoms in total. The summed E-state index contributed by atoms with van der Waals surface area (Å²) in [5, 5.41) is 17.9. The van der Waals surface area contributed by atoms with Gasteiger partial charge in [-0.2, -0.15) is 5.26 Å². The number of nitrogens with zero attached hydrogens (tertiary/aromatic N) is 1. The standard InChI is InChI=1S/C13H10F3NO3/c1-13(2,5-17)10(12(19)20)11(18)6-3-8(15)9(16)4-7(6)14/h3-4,10H,1-2H3,(H,19,20). The van der Waals surface area contributed by atoms with Gasteiger partial charge in [-0.15, -0.1) is 0 Å². The van der Waals surface area contributed by atoms with E-state index < -0.39 is 46.1 Å². The number of rotatable bonds is 4. The van der Waals surface area contributed by atoms with Gasteiger partial charge >= 0.3 is 5.97 Å². The van der Waals surface area contributed by atoms with Crippen molar-refractivity contribution in [2.45, 2.75) is 13.8 Å². The lowest BCUT2D eigenvalue weighted by atomic mass is 9.76. The van der Waals surface area contributed by atoms with Crippen LogP contribution in [0.2, 0.25) is 0 Å². The molecular formula is C13H10F3NO3. The van der Waals surface area contributed by atoms with Gasteiger partial charge < -0.3 is 5.11 Å². The highest BCUT2D eigenvalue weighted by atomic mass is 19.2. The van der Waals surface area contributed by atoms with Gasteiger partial charge in [-0.1, -0.05) is 0 Å². The zero-order chi connectivity index (χ0) is 15.7. The minimum Gasteiger partial charge on any atom is -0.481 e. The lowest BCUT2D eigenvalue weighted by Gasteiger charge is -2.23. The van der Waals surface area contributed by atoms with E-state index in [0.29, 0.717) is 0 Å². The van der Waals surface area contributed by atoms with Crippen LogP contribution in [0, 0.1) is 40.1 Å². The van der Waals surface area contributed by atoms with E-state index in [1.54, 1.807) is 6.07 Å². The van der Waals surface area contributed by atoms with E-state index >= 15 is 0 Å². The zero-order valence-corrected chi connectivity index (χ0v) is 10.6. The van der Waals surface area contributed by atoms with E-state index in [0.717, 1.165) is 0 Å². The topological polar surface area (TPSA) is 78.2 Å². The Morgan fingerprint density at radius 3 is 2.15 bits per heavy atom.